The van der Waals surface area contributed by atoms with Gasteiger partial charge in [0.2, 0.25) is 0 Å². The van der Waals surface area contributed by atoms with Crippen molar-refractivity contribution in [2.75, 3.05) is 0 Å². The minimum absolute atomic E-state index is 0.276. The maximum atomic E-state index is 12.6. The fourth-order valence-electron chi connectivity index (χ4n) is 5.03. The molecule has 1 saturated carbocycles. The molecule has 0 bridgehead atoms. The van der Waals surface area contributed by atoms with E-state index in [1.54, 1.807) is 0 Å². The SMILES string of the molecule is CCCCCCC1(c2ccc(OC(=O)c3ccc(CCCC)cc3)cc2)CCCCC1. The molecular formula is C29H40O2. The van der Waals surface area contributed by atoms with Gasteiger partial charge in [-0.15, -0.1) is 0 Å². The molecule has 2 heteroatoms. The fourth-order valence-corrected chi connectivity index (χ4v) is 5.03. The van der Waals surface area contributed by atoms with Gasteiger partial charge in [-0.2, -0.15) is 0 Å². The number of rotatable bonds is 11. The second kappa shape index (κ2) is 12.1. The van der Waals surface area contributed by atoms with Crippen LogP contribution in [0.2, 0.25) is 0 Å². The van der Waals surface area contributed by atoms with Crippen LogP contribution in [0.15, 0.2) is 48.5 Å². The maximum Gasteiger partial charge on any atom is 0.343 e. The summed E-state index contributed by atoms with van der Waals surface area (Å²) in [6, 6.07) is 16.3. The summed E-state index contributed by atoms with van der Waals surface area (Å²) in [4.78, 5) is 12.6. The number of hydrogen-bond donors (Lipinski definition) is 0. The molecule has 0 heterocycles. The summed E-state index contributed by atoms with van der Waals surface area (Å²) in [6.45, 7) is 4.47. The summed E-state index contributed by atoms with van der Waals surface area (Å²) in [5.74, 6) is 0.363. The molecular weight excluding hydrogens is 380 g/mol. The molecule has 0 atom stereocenters. The summed E-state index contributed by atoms with van der Waals surface area (Å²) in [7, 11) is 0. The van der Waals surface area contributed by atoms with Crippen molar-refractivity contribution < 1.29 is 9.53 Å². The molecule has 0 aromatic heterocycles. The van der Waals surface area contributed by atoms with E-state index in [4.69, 9.17) is 4.74 Å². The van der Waals surface area contributed by atoms with Crippen LogP contribution in [0.3, 0.4) is 0 Å². The Morgan fingerprint density at radius 2 is 1.48 bits per heavy atom. The highest BCUT2D eigenvalue weighted by Gasteiger charge is 2.33. The molecule has 1 fully saturated rings. The van der Waals surface area contributed by atoms with Crippen LogP contribution in [0.5, 0.6) is 5.75 Å². The zero-order valence-electron chi connectivity index (χ0n) is 19.6. The molecule has 0 saturated heterocycles. The van der Waals surface area contributed by atoms with Crippen molar-refractivity contribution in [1.82, 2.24) is 0 Å². The molecule has 0 amide bonds. The van der Waals surface area contributed by atoms with Gasteiger partial charge in [-0.25, -0.2) is 4.79 Å². The van der Waals surface area contributed by atoms with Crippen LogP contribution >= 0.6 is 0 Å². The lowest BCUT2D eigenvalue weighted by Gasteiger charge is -2.38. The molecule has 0 aliphatic heterocycles. The van der Waals surface area contributed by atoms with Gasteiger partial charge in [0.1, 0.15) is 5.75 Å². The van der Waals surface area contributed by atoms with Crippen LogP contribution < -0.4 is 4.74 Å². The number of esters is 1. The van der Waals surface area contributed by atoms with Crippen molar-refractivity contribution in [1.29, 1.82) is 0 Å². The summed E-state index contributed by atoms with van der Waals surface area (Å²) in [5.41, 5.74) is 3.65. The maximum absolute atomic E-state index is 12.6. The van der Waals surface area contributed by atoms with Crippen LogP contribution in [0, 0.1) is 0 Å². The van der Waals surface area contributed by atoms with Crippen molar-refractivity contribution in [2.45, 2.75) is 103 Å². The van der Waals surface area contributed by atoms with Crippen LogP contribution in [0.1, 0.15) is 112 Å². The van der Waals surface area contributed by atoms with Crippen molar-refractivity contribution in [2.24, 2.45) is 0 Å². The highest BCUT2D eigenvalue weighted by atomic mass is 16.5. The van der Waals surface area contributed by atoms with Crippen LogP contribution in [-0.2, 0) is 11.8 Å². The van der Waals surface area contributed by atoms with Crippen LogP contribution in [0.25, 0.3) is 0 Å². The monoisotopic (exact) mass is 420 g/mol. The van der Waals surface area contributed by atoms with E-state index in [0.717, 1.165) is 6.42 Å². The molecule has 168 valence electrons. The number of hydrogen-bond acceptors (Lipinski definition) is 2. The predicted octanol–water partition coefficient (Wildman–Crippen LogP) is 8.42. The minimum atomic E-state index is -0.276. The largest absolute Gasteiger partial charge is 0.423 e. The van der Waals surface area contributed by atoms with Crippen molar-refractivity contribution in [3.63, 3.8) is 0 Å². The molecule has 1 aliphatic rings. The molecule has 0 radical (unpaired) electrons. The number of ether oxygens (including phenoxy) is 1. The molecule has 0 unspecified atom stereocenters. The number of aryl methyl sites for hydroxylation is 1. The molecule has 2 aromatic carbocycles. The third kappa shape index (κ3) is 6.69. The third-order valence-corrected chi connectivity index (χ3v) is 7.01. The zero-order valence-corrected chi connectivity index (χ0v) is 19.6. The Balaban J connectivity index is 1.63. The lowest BCUT2D eigenvalue weighted by atomic mass is 9.66. The van der Waals surface area contributed by atoms with Gasteiger partial charge in [-0.3, -0.25) is 0 Å². The van der Waals surface area contributed by atoms with Gasteiger partial charge in [0.25, 0.3) is 0 Å². The minimum Gasteiger partial charge on any atom is -0.423 e. The average molecular weight is 421 g/mol. The van der Waals surface area contributed by atoms with E-state index >= 15 is 0 Å². The summed E-state index contributed by atoms with van der Waals surface area (Å²) in [6.07, 6.45) is 16.6. The number of carbonyl (C=O) groups is 1. The van der Waals surface area contributed by atoms with Gasteiger partial charge in [0.15, 0.2) is 0 Å². The highest BCUT2D eigenvalue weighted by Crippen LogP contribution is 2.43. The molecule has 0 spiro atoms. The highest BCUT2D eigenvalue weighted by molar-refractivity contribution is 5.91. The average Bonchev–Trinajstić information content (AvgIpc) is 2.82. The second-order valence-electron chi connectivity index (χ2n) is 9.37. The smallest absolute Gasteiger partial charge is 0.343 e. The molecule has 31 heavy (non-hydrogen) atoms. The lowest BCUT2D eigenvalue weighted by molar-refractivity contribution is 0.0734. The molecule has 2 aromatic rings. The Bertz CT molecular complexity index is 782. The summed E-state index contributed by atoms with van der Waals surface area (Å²) < 4.78 is 5.67. The van der Waals surface area contributed by atoms with Gasteiger partial charge in [-0.1, -0.05) is 89.5 Å². The molecule has 3 rings (SSSR count). The first-order valence-electron chi connectivity index (χ1n) is 12.6. The van der Waals surface area contributed by atoms with Gasteiger partial charge in [0, 0.05) is 0 Å². The van der Waals surface area contributed by atoms with E-state index in [-0.39, 0.29) is 5.97 Å². The second-order valence-corrected chi connectivity index (χ2v) is 9.37. The van der Waals surface area contributed by atoms with E-state index < -0.39 is 0 Å². The Labute approximate surface area is 189 Å². The Morgan fingerprint density at radius 1 is 0.806 bits per heavy atom. The van der Waals surface area contributed by atoms with Crippen molar-refractivity contribution >= 4 is 5.97 Å². The summed E-state index contributed by atoms with van der Waals surface area (Å²) >= 11 is 0. The van der Waals surface area contributed by atoms with E-state index in [2.05, 4.69) is 26.0 Å². The summed E-state index contributed by atoms with van der Waals surface area (Å²) in [5, 5.41) is 0. The predicted molar refractivity (Wildman–Crippen MR) is 130 cm³/mol. The Kier molecular flexibility index (Phi) is 9.18. The number of benzene rings is 2. The van der Waals surface area contributed by atoms with Gasteiger partial charge in [0.05, 0.1) is 5.56 Å². The Hall–Kier alpha value is -2.09. The third-order valence-electron chi connectivity index (χ3n) is 7.01. The first-order valence-corrected chi connectivity index (χ1v) is 12.6. The van der Waals surface area contributed by atoms with E-state index in [1.165, 1.54) is 88.2 Å². The van der Waals surface area contributed by atoms with Crippen LogP contribution in [-0.4, -0.2) is 5.97 Å². The normalized spacial score (nSPS) is 15.5. The first kappa shape index (κ1) is 23.6. The fraction of sp³-hybridized carbons (Fsp3) is 0.552. The molecule has 1 aliphatic carbocycles. The van der Waals surface area contributed by atoms with E-state index in [0.29, 0.717) is 16.7 Å². The zero-order chi connectivity index (χ0) is 21.9. The van der Waals surface area contributed by atoms with E-state index in [9.17, 15) is 4.79 Å². The molecule has 2 nitrogen and oxygen atoms in total. The number of carbonyl (C=O) groups excluding carboxylic acids is 1. The quantitative estimate of drug-likeness (QED) is 0.207. The number of unbranched alkanes of at least 4 members (excludes halogenated alkanes) is 4. The van der Waals surface area contributed by atoms with E-state index in [1.807, 2.05) is 36.4 Å². The molecule has 0 N–H and O–H groups in total. The van der Waals surface area contributed by atoms with Crippen molar-refractivity contribution in [3.8, 4) is 5.75 Å². The lowest BCUT2D eigenvalue weighted by Crippen LogP contribution is -2.29. The van der Waals surface area contributed by atoms with Gasteiger partial charge >= 0.3 is 5.97 Å². The van der Waals surface area contributed by atoms with Gasteiger partial charge < -0.3 is 4.74 Å². The Morgan fingerprint density at radius 3 is 2.13 bits per heavy atom. The standard InChI is InChI=1S/C29H40O2/c1-3-5-7-9-21-29(22-10-8-11-23-29)26-17-19-27(20-18-26)31-28(30)25-15-13-24(14-16-25)12-6-4-2/h13-20H,3-12,21-23H2,1-2H3. The van der Waals surface area contributed by atoms with Gasteiger partial charge in [-0.05, 0) is 72.9 Å². The van der Waals surface area contributed by atoms with Crippen molar-refractivity contribution in [3.05, 3.63) is 65.2 Å². The topological polar surface area (TPSA) is 26.3 Å². The first-order chi connectivity index (χ1) is 15.2. The van der Waals surface area contributed by atoms with Crippen LogP contribution in [0.4, 0.5) is 0 Å².